The third-order valence-electron chi connectivity index (χ3n) is 6.12. The Hall–Kier alpha value is -3.98. The summed E-state index contributed by atoms with van der Waals surface area (Å²) in [5, 5.41) is 13.6. The minimum Gasteiger partial charge on any atom is -0.468 e. The summed E-state index contributed by atoms with van der Waals surface area (Å²) in [7, 11) is 0. The maximum absolute atomic E-state index is 13.0. The molecule has 0 saturated heterocycles. The first kappa shape index (κ1) is 22.8. The fraction of sp³-hybridized carbons (Fsp3) is 0.308. The molecule has 0 aliphatic carbocycles. The predicted octanol–water partition coefficient (Wildman–Crippen LogP) is 4.46. The summed E-state index contributed by atoms with van der Waals surface area (Å²) in [5.74, 6) is 2.41. The molecule has 0 amide bonds. The van der Waals surface area contributed by atoms with E-state index in [-0.39, 0.29) is 17.5 Å². The first-order valence-electron chi connectivity index (χ1n) is 11.7. The molecule has 4 heterocycles. The highest BCUT2D eigenvalue weighted by Gasteiger charge is 2.30. The van der Waals surface area contributed by atoms with Gasteiger partial charge in [-0.25, -0.2) is 4.68 Å². The van der Waals surface area contributed by atoms with Crippen LogP contribution < -0.4 is 5.56 Å². The van der Waals surface area contributed by atoms with Crippen molar-refractivity contribution in [3.8, 4) is 0 Å². The number of nitrogens with zero attached hydrogens (tertiary/aromatic N) is 5. The van der Waals surface area contributed by atoms with Gasteiger partial charge < -0.3 is 13.8 Å². The van der Waals surface area contributed by atoms with Gasteiger partial charge in [0.15, 0.2) is 5.82 Å². The molecule has 0 fully saturated rings. The van der Waals surface area contributed by atoms with Gasteiger partial charge in [0.25, 0.3) is 5.56 Å². The molecule has 1 unspecified atom stereocenters. The number of aromatic amines is 1. The Morgan fingerprint density at radius 2 is 1.80 bits per heavy atom. The van der Waals surface area contributed by atoms with Gasteiger partial charge in [-0.15, -0.1) is 5.10 Å². The number of fused-ring (bicyclic) bond motifs is 1. The van der Waals surface area contributed by atoms with Crippen LogP contribution in [0.5, 0.6) is 0 Å². The lowest BCUT2D eigenvalue weighted by molar-refractivity contribution is 0.116. The van der Waals surface area contributed by atoms with Gasteiger partial charge in [-0.2, -0.15) is 0 Å². The van der Waals surface area contributed by atoms with Crippen LogP contribution in [0.3, 0.4) is 0 Å². The molecule has 5 aromatic rings. The molecule has 180 valence electrons. The van der Waals surface area contributed by atoms with Crippen molar-refractivity contribution in [2.24, 2.45) is 5.92 Å². The Labute approximate surface area is 202 Å². The maximum Gasteiger partial charge on any atom is 0.252 e. The highest BCUT2D eigenvalue weighted by molar-refractivity contribution is 5.79. The van der Waals surface area contributed by atoms with E-state index in [1.165, 1.54) is 0 Å². The molecular formula is C26H28N6O3. The average Bonchev–Trinajstić information content (AvgIpc) is 3.59. The smallest absolute Gasteiger partial charge is 0.252 e. The number of H-pyrrole nitrogens is 1. The normalized spacial score (nSPS) is 12.7. The molecule has 0 bridgehead atoms. The number of nitrogens with one attached hydrogen (secondary N) is 1. The number of pyridine rings is 1. The van der Waals surface area contributed by atoms with Crippen molar-refractivity contribution in [2.45, 2.75) is 46.4 Å². The summed E-state index contributed by atoms with van der Waals surface area (Å²) in [4.78, 5) is 18.3. The predicted molar refractivity (Wildman–Crippen MR) is 130 cm³/mol. The summed E-state index contributed by atoms with van der Waals surface area (Å²) >= 11 is 0. The van der Waals surface area contributed by atoms with Crippen molar-refractivity contribution >= 4 is 10.9 Å². The van der Waals surface area contributed by atoms with Crippen LogP contribution in [0.15, 0.2) is 74.7 Å². The molecule has 5 rings (SSSR count). The van der Waals surface area contributed by atoms with Crippen LogP contribution in [0, 0.1) is 12.8 Å². The zero-order valence-corrected chi connectivity index (χ0v) is 20.0. The summed E-state index contributed by atoms with van der Waals surface area (Å²) in [5.41, 5.74) is 2.53. The molecule has 9 heteroatoms. The van der Waals surface area contributed by atoms with Crippen molar-refractivity contribution in [2.75, 3.05) is 0 Å². The molecular weight excluding hydrogens is 444 g/mol. The molecule has 0 spiro atoms. The largest absolute Gasteiger partial charge is 0.468 e. The highest BCUT2D eigenvalue weighted by atomic mass is 16.3. The zero-order valence-electron chi connectivity index (χ0n) is 20.0. The van der Waals surface area contributed by atoms with Crippen LogP contribution >= 0.6 is 0 Å². The van der Waals surface area contributed by atoms with E-state index in [0.29, 0.717) is 31.0 Å². The minimum atomic E-state index is -0.183. The van der Waals surface area contributed by atoms with Crippen molar-refractivity contribution < 1.29 is 8.83 Å². The Balaban J connectivity index is 1.54. The second-order valence-corrected chi connectivity index (χ2v) is 9.16. The van der Waals surface area contributed by atoms with Gasteiger partial charge >= 0.3 is 0 Å². The highest BCUT2D eigenvalue weighted by Crippen LogP contribution is 2.30. The van der Waals surface area contributed by atoms with Crippen LogP contribution in [-0.4, -0.2) is 30.1 Å². The molecule has 1 aromatic carbocycles. The van der Waals surface area contributed by atoms with Gasteiger partial charge in [0, 0.05) is 17.6 Å². The summed E-state index contributed by atoms with van der Waals surface area (Å²) in [6.45, 7) is 7.61. The number of hydrogen-bond acceptors (Lipinski definition) is 7. The second-order valence-electron chi connectivity index (χ2n) is 9.16. The van der Waals surface area contributed by atoms with Gasteiger partial charge in [-0.3, -0.25) is 9.69 Å². The Bertz CT molecular complexity index is 1450. The number of rotatable bonds is 9. The first-order valence-corrected chi connectivity index (χ1v) is 11.7. The Morgan fingerprint density at radius 3 is 2.51 bits per heavy atom. The van der Waals surface area contributed by atoms with Crippen molar-refractivity contribution in [1.29, 1.82) is 0 Å². The first-order chi connectivity index (χ1) is 17.0. The van der Waals surface area contributed by atoms with Gasteiger partial charge in [-0.1, -0.05) is 25.5 Å². The molecule has 4 aromatic heterocycles. The monoisotopic (exact) mass is 472 g/mol. The van der Waals surface area contributed by atoms with Crippen LogP contribution in [-0.2, 0) is 19.6 Å². The molecule has 1 atom stereocenters. The molecule has 1 N–H and O–H groups in total. The van der Waals surface area contributed by atoms with Crippen LogP contribution in [0.4, 0.5) is 0 Å². The van der Waals surface area contributed by atoms with Crippen molar-refractivity contribution in [1.82, 2.24) is 30.1 Å². The lowest BCUT2D eigenvalue weighted by Crippen LogP contribution is -2.35. The van der Waals surface area contributed by atoms with E-state index in [2.05, 4.69) is 45.3 Å². The lowest BCUT2D eigenvalue weighted by atomic mass is 10.00. The van der Waals surface area contributed by atoms with Gasteiger partial charge in [0.05, 0.1) is 25.1 Å². The maximum atomic E-state index is 13.0. The van der Waals surface area contributed by atoms with E-state index < -0.39 is 0 Å². The molecule has 35 heavy (non-hydrogen) atoms. The van der Waals surface area contributed by atoms with Crippen LogP contribution in [0.2, 0.25) is 0 Å². The third-order valence-corrected chi connectivity index (χ3v) is 6.12. The SMILES string of the molecule is Cc1ccc2[nH]c(=O)c(CN(Cc3ccco3)C(c3nnnn3Cc3ccco3)C(C)C)cc2c1. The van der Waals surface area contributed by atoms with Gasteiger partial charge in [-0.05, 0) is 71.1 Å². The van der Waals surface area contributed by atoms with Crippen LogP contribution in [0.25, 0.3) is 10.9 Å². The van der Waals surface area contributed by atoms with E-state index in [1.807, 2.05) is 49.4 Å². The van der Waals surface area contributed by atoms with Crippen LogP contribution in [0.1, 0.15) is 48.4 Å². The third kappa shape index (κ3) is 4.95. The number of tetrazole rings is 1. The number of aromatic nitrogens is 5. The fourth-order valence-electron chi connectivity index (χ4n) is 4.53. The van der Waals surface area contributed by atoms with Crippen molar-refractivity contribution in [3.63, 3.8) is 0 Å². The zero-order chi connectivity index (χ0) is 24.4. The van der Waals surface area contributed by atoms with Crippen molar-refractivity contribution in [3.05, 3.63) is 99.9 Å². The number of hydrogen-bond donors (Lipinski definition) is 1. The van der Waals surface area contributed by atoms with E-state index in [0.717, 1.165) is 28.0 Å². The summed E-state index contributed by atoms with van der Waals surface area (Å²) in [6.07, 6.45) is 3.29. The summed E-state index contributed by atoms with van der Waals surface area (Å²) < 4.78 is 13.0. The molecule has 0 radical (unpaired) electrons. The topological polar surface area (TPSA) is 106 Å². The van der Waals surface area contributed by atoms with E-state index >= 15 is 0 Å². The lowest BCUT2D eigenvalue weighted by Gasteiger charge is -2.32. The summed E-state index contributed by atoms with van der Waals surface area (Å²) in [6, 6.07) is 15.3. The fourth-order valence-corrected chi connectivity index (χ4v) is 4.53. The quantitative estimate of drug-likeness (QED) is 0.338. The Morgan fingerprint density at radius 1 is 1.03 bits per heavy atom. The average molecular weight is 473 g/mol. The number of aryl methyl sites for hydroxylation is 1. The van der Waals surface area contributed by atoms with E-state index in [4.69, 9.17) is 8.83 Å². The molecule has 0 aliphatic heterocycles. The minimum absolute atomic E-state index is 0.108. The van der Waals surface area contributed by atoms with Gasteiger partial charge in [0.1, 0.15) is 18.1 Å². The number of benzene rings is 1. The van der Waals surface area contributed by atoms with E-state index in [1.54, 1.807) is 17.2 Å². The molecule has 0 saturated carbocycles. The molecule has 9 nitrogen and oxygen atoms in total. The molecule has 0 aliphatic rings. The standard InChI is InChI=1S/C26H28N6O3/c1-17(2)24(25-28-29-30-32(25)16-22-7-5-11-35-22)31(15-21-6-4-10-34-21)14-20-13-19-12-18(3)8-9-23(19)27-26(20)33/h4-13,17,24H,14-16H2,1-3H3,(H,27,33). The van der Waals surface area contributed by atoms with Gasteiger partial charge in [0.2, 0.25) is 0 Å². The Kier molecular flexibility index (Phi) is 6.33. The number of furan rings is 2. The second kappa shape index (κ2) is 9.71. The van der Waals surface area contributed by atoms with E-state index in [9.17, 15) is 4.79 Å².